The molecule has 0 saturated heterocycles. The lowest BCUT2D eigenvalue weighted by Crippen LogP contribution is -2.11. The van der Waals surface area contributed by atoms with E-state index >= 15 is 0 Å². The van der Waals surface area contributed by atoms with Crippen molar-refractivity contribution in [2.75, 3.05) is 11.8 Å². The smallest absolute Gasteiger partial charge is 0.341 e. The van der Waals surface area contributed by atoms with Crippen LogP contribution in [0.1, 0.15) is 10.4 Å². The normalized spacial score (nSPS) is 11.2. The molecular formula is C12H9BrClNO5S2. The molecule has 6 nitrogen and oxygen atoms in total. The van der Waals surface area contributed by atoms with Crippen LogP contribution in [-0.4, -0.2) is 26.6 Å². The number of thiophene rings is 1. The molecule has 0 saturated carbocycles. The lowest BCUT2D eigenvalue weighted by atomic mass is 10.2. The van der Waals surface area contributed by atoms with Crippen molar-refractivity contribution in [3.63, 3.8) is 0 Å². The highest BCUT2D eigenvalue weighted by atomic mass is 79.9. The van der Waals surface area contributed by atoms with Crippen molar-refractivity contribution in [3.8, 4) is 5.75 Å². The predicted octanol–water partition coefficient (Wildman–Crippen LogP) is 3.46. The maximum Gasteiger partial charge on any atom is 0.341 e. The number of sulfonamides is 1. The number of esters is 1. The molecule has 10 heteroatoms. The van der Waals surface area contributed by atoms with Gasteiger partial charge in [-0.2, -0.15) is 0 Å². The van der Waals surface area contributed by atoms with Gasteiger partial charge < -0.3 is 9.84 Å². The molecular weight excluding hydrogens is 418 g/mol. The van der Waals surface area contributed by atoms with Crippen LogP contribution in [0.2, 0.25) is 4.34 Å². The van der Waals surface area contributed by atoms with Crippen molar-refractivity contribution in [1.82, 2.24) is 0 Å². The fourth-order valence-electron chi connectivity index (χ4n) is 1.54. The maximum absolute atomic E-state index is 12.2. The zero-order chi connectivity index (χ0) is 16.5. The summed E-state index contributed by atoms with van der Waals surface area (Å²) in [5.74, 6) is -1.11. The standard InChI is InChI=1S/C12H9BrClNO5S2/c1-20-12(17)7-3-2-6(4-9(7)16)15-22(18,19)10-5-8(13)11(14)21-10/h2-5,15-16H,1H3. The lowest BCUT2D eigenvalue weighted by molar-refractivity contribution is 0.0597. The Balaban J connectivity index is 2.30. The van der Waals surface area contributed by atoms with Crippen LogP contribution in [0.3, 0.4) is 0 Å². The van der Waals surface area contributed by atoms with Gasteiger partial charge in [0.25, 0.3) is 10.0 Å². The second-order valence-corrected chi connectivity index (χ2v) is 8.43. The summed E-state index contributed by atoms with van der Waals surface area (Å²) in [6, 6.07) is 5.09. The largest absolute Gasteiger partial charge is 0.507 e. The van der Waals surface area contributed by atoms with Crippen molar-refractivity contribution in [2.24, 2.45) is 0 Å². The first-order valence-electron chi connectivity index (χ1n) is 5.63. The molecule has 1 aromatic carbocycles. The average Bonchev–Trinajstić information content (AvgIpc) is 2.78. The molecule has 1 aromatic heterocycles. The fraction of sp³-hybridized carbons (Fsp3) is 0.0833. The molecule has 118 valence electrons. The highest BCUT2D eigenvalue weighted by Gasteiger charge is 2.20. The number of nitrogens with one attached hydrogen (secondary N) is 1. The molecule has 0 aliphatic heterocycles. The molecule has 22 heavy (non-hydrogen) atoms. The second-order valence-electron chi connectivity index (χ2n) is 4.02. The van der Waals surface area contributed by atoms with Crippen LogP contribution < -0.4 is 4.72 Å². The molecule has 0 bridgehead atoms. The Morgan fingerprint density at radius 3 is 2.59 bits per heavy atom. The number of benzene rings is 1. The number of aromatic hydroxyl groups is 1. The Bertz CT molecular complexity index is 815. The monoisotopic (exact) mass is 425 g/mol. The Morgan fingerprint density at radius 1 is 1.41 bits per heavy atom. The van der Waals surface area contributed by atoms with Crippen LogP contribution in [0.15, 0.2) is 32.9 Å². The van der Waals surface area contributed by atoms with Gasteiger partial charge in [-0.05, 0) is 34.1 Å². The summed E-state index contributed by atoms with van der Waals surface area (Å²) in [4.78, 5) is 11.4. The van der Waals surface area contributed by atoms with Crippen LogP contribution in [0, 0.1) is 0 Å². The van der Waals surface area contributed by atoms with Gasteiger partial charge >= 0.3 is 5.97 Å². The summed E-state index contributed by atoms with van der Waals surface area (Å²) < 4.78 is 32.0. The van der Waals surface area contributed by atoms with Gasteiger partial charge in [0, 0.05) is 10.5 Å². The van der Waals surface area contributed by atoms with Crippen molar-refractivity contribution < 1.29 is 23.1 Å². The number of carbonyl (C=O) groups excluding carboxylic acids is 1. The summed E-state index contributed by atoms with van der Waals surface area (Å²) in [5, 5.41) is 9.75. The van der Waals surface area contributed by atoms with Crippen LogP contribution in [0.25, 0.3) is 0 Å². The van der Waals surface area contributed by atoms with Gasteiger partial charge in [0.2, 0.25) is 0 Å². The predicted molar refractivity (Wildman–Crippen MR) is 87.3 cm³/mol. The van der Waals surface area contributed by atoms with Crippen molar-refractivity contribution in [1.29, 1.82) is 0 Å². The quantitative estimate of drug-likeness (QED) is 0.730. The number of phenols is 1. The van der Waals surface area contributed by atoms with E-state index in [1.807, 2.05) is 0 Å². The van der Waals surface area contributed by atoms with E-state index in [1.165, 1.54) is 25.3 Å². The first-order valence-corrected chi connectivity index (χ1v) is 9.10. The number of phenolic OH excluding ortho intramolecular Hbond substituents is 1. The molecule has 0 atom stereocenters. The Kier molecular flexibility index (Phi) is 5.00. The van der Waals surface area contributed by atoms with Gasteiger partial charge in [0.05, 0.1) is 12.8 Å². The molecule has 0 spiro atoms. The van der Waals surface area contributed by atoms with E-state index < -0.39 is 21.7 Å². The zero-order valence-electron chi connectivity index (χ0n) is 11.0. The third-order valence-corrected chi connectivity index (χ3v) is 6.87. The van der Waals surface area contributed by atoms with E-state index in [0.29, 0.717) is 8.81 Å². The van der Waals surface area contributed by atoms with Gasteiger partial charge in [0.1, 0.15) is 19.9 Å². The minimum atomic E-state index is -3.84. The molecule has 0 aliphatic rings. The molecule has 2 aromatic rings. The minimum Gasteiger partial charge on any atom is -0.507 e. The van der Waals surface area contributed by atoms with Crippen LogP contribution in [0.4, 0.5) is 5.69 Å². The molecule has 0 amide bonds. The number of halogens is 2. The Morgan fingerprint density at radius 2 is 2.09 bits per heavy atom. The summed E-state index contributed by atoms with van der Waals surface area (Å²) in [7, 11) is -2.67. The first-order chi connectivity index (χ1) is 10.2. The van der Waals surface area contributed by atoms with Gasteiger partial charge in [0.15, 0.2) is 0 Å². The van der Waals surface area contributed by atoms with Gasteiger partial charge in [-0.3, -0.25) is 4.72 Å². The highest BCUT2D eigenvalue weighted by Crippen LogP contribution is 2.35. The topological polar surface area (TPSA) is 92.7 Å². The molecule has 0 unspecified atom stereocenters. The second kappa shape index (κ2) is 6.45. The number of methoxy groups -OCH3 is 1. The van der Waals surface area contributed by atoms with Gasteiger partial charge in [-0.25, -0.2) is 13.2 Å². The van der Waals surface area contributed by atoms with E-state index in [1.54, 1.807) is 0 Å². The molecule has 0 fully saturated rings. The number of anilines is 1. The third-order valence-electron chi connectivity index (χ3n) is 2.54. The molecule has 0 aliphatic carbocycles. The summed E-state index contributed by atoms with van der Waals surface area (Å²) in [6.07, 6.45) is 0. The highest BCUT2D eigenvalue weighted by molar-refractivity contribution is 9.10. The number of ether oxygens (including phenoxy) is 1. The van der Waals surface area contributed by atoms with E-state index in [4.69, 9.17) is 11.6 Å². The first kappa shape index (κ1) is 17.1. The van der Waals surface area contributed by atoms with Gasteiger partial charge in [-0.1, -0.05) is 11.6 Å². The SMILES string of the molecule is COC(=O)c1ccc(NS(=O)(=O)c2cc(Br)c(Cl)s2)cc1O. The van der Waals surface area contributed by atoms with E-state index in [-0.39, 0.29) is 15.5 Å². The minimum absolute atomic E-state index is 0.0147. The van der Waals surface area contributed by atoms with Crippen molar-refractivity contribution >= 4 is 60.5 Å². The van der Waals surface area contributed by atoms with Crippen molar-refractivity contribution in [3.05, 3.63) is 38.6 Å². The van der Waals surface area contributed by atoms with Gasteiger partial charge in [-0.15, -0.1) is 11.3 Å². The summed E-state index contributed by atoms with van der Waals surface area (Å²) in [6.45, 7) is 0. The van der Waals surface area contributed by atoms with Crippen molar-refractivity contribution in [2.45, 2.75) is 4.21 Å². The lowest BCUT2D eigenvalue weighted by Gasteiger charge is -2.08. The Labute approximate surface area is 143 Å². The molecule has 2 rings (SSSR count). The fourth-order valence-corrected chi connectivity index (χ4v) is 4.89. The van der Waals surface area contributed by atoms with E-state index in [0.717, 1.165) is 17.4 Å². The number of rotatable bonds is 4. The average molecular weight is 427 g/mol. The molecule has 2 N–H and O–H groups in total. The third kappa shape index (κ3) is 3.54. The number of hydrogen-bond acceptors (Lipinski definition) is 6. The van der Waals surface area contributed by atoms with Crippen LogP contribution >= 0.6 is 38.9 Å². The number of hydrogen-bond donors (Lipinski definition) is 2. The van der Waals surface area contributed by atoms with E-state index in [9.17, 15) is 18.3 Å². The molecule has 1 heterocycles. The Hall–Kier alpha value is -1.29. The maximum atomic E-state index is 12.2. The number of carbonyl (C=O) groups is 1. The van der Waals surface area contributed by atoms with E-state index in [2.05, 4.69) is 25.4 Å². The summed E-state index contributed by atoms with van der Waals surface area (Å²) in [5.41, 5.74) is 0.0400. The zero-order valence-corrected chi connectivity index (χ0v) is 14.9. The molecule has 0 radical (unpaired) electrons. The summed E-state index contributed by atoms with van der Waals surface area (Å²) >= 11 is 9.84. The van der Waals surface area contributed by atoms with Crippen LogP contribution in [-0.2, 0) is 14.8 Å². The van der Waals surface area contributed by atoms with Crippen LogP contribution in [0.5, 0.6) is 5.75 Å².